The monoisotopic (exact) mass is 504 g/mol. The fourth-order valence-corrected chi connectivity index (χ4v) is 10.3. The van der Waals surface area contributed by atoms with Crippen LogP contribution in [0.2, 0.25) is 0 Å². The van der Waals surface area contributed by atoms with Gasteiger partial charge in [0.05, 0.1) is 0 Å². The fraction of sp³-hybridized carbons (Fsp3) is 0.538. The van der Waals surface area contributed by atoms with Crippen LogP contribution < -0.4 is 0 Å². The molecule has 0 atom stereocenters. The molecule has 2 aromatic carbocycles. The number of hydrogen-bond donors (Lipinski definition) is 0. The second-order valence-corrected chi connectivity index (χ2v) is 16.2. The molecule has 4 heteroatoms. The van der Waals surface area contributed by atoms with Gasteiger partial charge < -0.3 is 12.6 Å². The van der Waals surface area contributed by atoms with Crippen molar-refractivity contribution >= 4 is 28.5 Å². The van der Waals surface area contributed by atoms with Crippen molar-refractivity contribution in [1.82, 2.24) is 0 Å². The summed E-state index contributed by atoms with van der Waals surface area (Å²) < 4.78 is 0. The molecular formula is C26H40NiP2S. The van der Waals surface area contributed by atoms with Gasteiger partial charge in [0.15, 0.2) is 0 Å². The van der Waals surface area contributed by atoms with E-state index in [0.717, 1.165) is 38.7 Å². The second-order valence-electron chi connectivity index (χ2n) is 8.64. The summed E-state index contributed by atoms with van der Waals surface area (Å²) in [7, 11) is 0.511. The van der Waals surface area contributed by atoms with Gasteiger partial charge in [-0.15, -0.1) is 21.4 Å². The zero-order valence-electron chi connectivity index (χ0n) is 20.0. The molecule has 170 valence electrons. The first-order chi connectivity index (χ1) is 13.6. The molecule has 0 spiro atoms. The smallest absolute Gasteiger partial charge is 0.780 e. The molecule has 0 aliphatic carbocycles. The molecule has 2 aromatic rings. The first kappa shape index (κ1) is 30.0. The third kappa shape index (κ3) is 10.6. The molecule has 0 aliphatic heterocycles. The van der Waals surface area contributed by atoms with Crippen LogP contribution in [-0.2, 0) is 29.1 Å². The molecule has 0 heterocycles. The van der Waals surface area contributed by atoms with Crippen molar-refractivity contribution in [2.75, 3.05) is 12.3 Å². The molecule has 2 rings (SSSR count). The Labute approximate surface area is 205 Å². The maximum absolute atomic E-state index is 5.22. The molecule has 0 aliphatic rings. The van der Waals surface area contributed by atoms with Crippen LogP contribution in [0, 0.1) is 6.07 Å². The summed E-state index contributed by atoms with van der Waals surface area (Å²) in [5, 5.41) is 0. The van der Waals surface area contributed by atoms with Gasteiger partial charge in [0.1, 0.15) is 0 Å². The van der Waals surface area contributed by atoms with Gasteiger partial charge in [-0.3, -0.25) is 0 Å². The first-order valence-corrected chi connectivity index (χ1v) is 14.6. The van der Waals surface area contributed by atoms with E-state index in [0.29, 0.717) is 0 Å². The Kier molecular flexibility index (Phi) is 15.8. The average molecular weight is 505 g/mol. The minimum absolute atomic E-state index is 0. The van der Waals surface area contributed by atoms with Crippen LogP contribution in [0.3, 0.4) is 0 Å². The zero-order valence-corrected chi connectivity index (χ0v) is 23.6. The van der Waals surface area contributed by atoms with Crippen LogP contribution in [0.4, 0.5) is 0 Å². The summed E-state index contributed by atoms with van der Waals surface area (Å²) in [5.41, 5.74) is 5.87. The molecule has 0 aromatic heterocycles. The van der Waals surface area contributed by atoms with Gasteiger partial charge in [0.2, 0.25) is 0 Å². The van der Waals surface area contributed by atoms with E-state index in [2.05, 4.69) is 61.5 Å². The SMILES string of the molecule is CC(C)P(CCP(C(C)C)C(C)C)C(C)C.[Ni+2].[S-]c1ccccc1-c1c[c-]ccc1. The van der Waals surface area contributed by atoms with E-state index in [1.54, 1.807) is 0 Å². The Morgan fingerprint density at radius 1 is 0.733 bits per heavy atom. The van der Waals surface area contributed by atoms with Gasteiger partial charge in [-0.25, -0.2) is 0 Å². The Hall–Kier alpha value is 0.0135. The van der Waals surface area contributed by atoms with Gasteiger partial charge in [-0.2, -0.15) is 35.2 Å². The van der Waals surface area contributed by atoms with Crippen molar-refractivity contribution in [3.8, 4) is 11.1 Å². The zero-order chi connectivity index (χ0) is 22.0. The molecule has 0 saturated carbocycles. The predicted octanol–water partition coefficient (Wildman–Crippen LogP) is 8.64. The Morgan fingerprint density at radius 3 is 1.57 bits per heavy atom. The van der Waals surface area contributed by atoms with Crippen LogP contribution >= 0.6 is 15.8 Å². The summed E-state index contributed by atoms with van der Waals surface area (Å²) in [6.45, 7) is 19.3. The summed E-state index contributed by atoms with van der Waals surface area (Å²) in [4.78, 5) is 0.891. The summed E-state index contributed by atoms with van der Waals surface area (Å²) >= 11 is 5.22. The average Bonchev–Trinajstić information content (AvgIpc) is 2.65. The predicted molar refractivity (Wildman–Crippen MR) is 140 cm³/mol. The molecule has 0 fully saturated rings. The molecule has 0 N–H and O–H groups in total. The number of hydrogen-bond acceptors (Lipinski definition) is 1. The van der Waals surface area contributed by atoms with Gasteiger partial charge in [-0.1, -0.05) is 85.2 Å². The quantitative estimate of drug-likeness (QED) is 0.150. The van der Waals surface area contributed by atoms with E-state index in [-0.39, 0.29) is 32.3 Å². The molecule has 0 radical (unpaired) electrons. The number of rotatable bonds is 8. The minimum atomic E-state index is 0. The Bertz CT molecular complexity index is 650. The summed E-state index contributed by atoms with van der Waals surface area (Å²) in [6, 6.07) is 18.8. The third-order valence-corrected chi connectivity index (χ3v) is 12.7. The van der Waals surface area contributed by atoms with Gasteiger partial charge in [0, 0.05) is 0 Å². The second kappa shape index (κ2) is 15.8. The van der Waals surface area contributed by atoms with E-state index in [1.165, 1.54) is 12.3 Å². The minimum Gasteiger partial charge on any atom is -0.780 e. The maximum Gasteiger partial charge on any atom is 2.00 e. The van der Waals surface area contributed by atoms with E-state index < -0.39 is 0 Å². The summed E-state index contributed by atoms with van der Waals surface area (Å²) in [5.74, 6) is 0. The van der Waals surface area contributed by atoms with Crippen molar-refractivity contribution in [3.05, 3.63) is 54.6 Å². The maximum atomic E-state index is 5.22. The van der Waals surface area contributed by atoms with Gasteiger partial charge in [0.25, 0.3) is 0 Å². The normalized spacial score (nSPS) is 11.3. The largest absolute Gasteiger partial charge is 2.00 e. The van der Waals surface area contributed by atoms with Gasteiger partial charge >= 0.3 is 16.5 Å². The Balaban J connectivity index is 0.000000550. The van der Waals surface area contributed by atoms with Crippen molar-refractivity contribution in [2.24, 2.45) is 0 Å². The van der Waals surface area contributed by atoms with Crippen LogP contribution in [0.25, 0.3) is 11.1 Å². The summed E-state index contributed by atoms with van der Waals surface area (Å²) in [6.07, 6.45) is 3.01. The van der Waals surface area contributed by atoms with Crippen LogP contribution in [0.5, 0.6) is 0 Å². The van der Waals surface area contributed by atoms with Crippen molar-refractivity contribution in [1.29, 1.82) is 0 Å². The van der Waals surface area contributed by atoms with Crippen molar-refractivity contribution in [2.45, 2.75) is 82.9 Å². The molecule has 0 nitrogen and oxygen atoms in total. The Morgan fingerprint density at radius 2 is 1.20 bits per heavy atom. The fourth-order valence-electron chi connectivity index (χ4n) is 3.72. The van der Waals surface area contributed by atoms with E-state index in [9.17, 15) is 0 Å². The molecule has 0 saturated heterocycles. The third-order valence-electron chi connectivity index (χ3n) is 5.17. The van der Waals surface area contributed by atoms with E-state index in [4.69, 9.17) is 12.6 Å². The number of benzene rings is 2. The van der Waals surface area contributed by atoms with Crippen LogP contribution in [0.15, 0.2) is 53.4 Å². The van der Waals surface area contributed by atoms with E-state index >= 15 is 0 Å². The molecule has 0 unspecified atom stereocenters. The first-order valence-electron chi connectivity index (χ1n) is 10.9. The van der Waals surface area contributed by atoms with Crippen molar-refractivity contribution < 1.29 is 16.5 Å². The van der Waals surface area contributed by atoms with Gasteiger partial charge in [-0.05, 0) is 35.0 Å². The van der Waals surface area contributed by atoms with Crippen molar-refractivity contribution in [3.63, 3.8) is 0 Å². The van der Waals surface area contributed by atoms with E-state index in [1.807, 2.05) is 48.5 Å². The molecule has 0 amide bonds. The standard InChI is InChI=1S/C14H32P2.C12H9S.Ni/c1-11(2)15(12(3)4)9-10-16(13(5)6)14(7)8;13-12-9-5-4-8-11(12)10-6-2-1-3-7-10;/h11-14H,9-10H2,1-8H3;1-2,4-9,13H;/q;-1;+2/p-1. The van der Waals surface area contributed by atoms with Crippen LogP contribution in [-0.4, -0.2) is 35.0 Å². The molecule has 0 bridgehead atoms. The molecule has 30 heavy (non-hydrogen) atoms. The van der Waals surface area contributed by atoms with Crippen LogP contribution in [0.1, 0.15) is 55.4 Å². The molecular weight excluding hydrogens is 465 g/mol. The topological polar surface area (TPSA) is 0 Å².